The maximum Gasteiger partial charge on any atom is 0.251 e. The first-order valence-corrected chi connectivity index (χ1v) is 11.6. The van der Waals surface area contributed by atoms with Gasteiger partial charge in [0, 0.05) is 33.9 Å². The van der Waals surface area contributed by atoms with Crippen LogP contribution in [0.25, 0.3) is 28.4 Å². The average Bonchev–Trinajstić information content (AvgIpc) is 3.34. The van der Waals surface area contributed by atoms with Gasteiger partial charge in [0.2, 0.25) is 5.91 Å². The highest BCUT2D eigenvalue weighted by Crippen LogP contribution is 2.28. The molecule has 0 bridgehead atoms. The van der Waals surface area contributed by atoms with Gasteiger partial charge in [-0.1, -0.05) is 23.7 Å². The van der Waals surface area contributed by atoms with Crippen molar-refractivity contribution < 1.29 is 4.79 Å². The summed E-state index contributed by atoms with van der Waals surface area (Å²) >= 11 is 6.31. The van der Waals surface area contributed by atoms with Crippen molar-refractivity contribution in [2.24, 2.45) is 0 Å². The molecule has 3 aromatic heterocycles. The average molecular weight is 486 g/mol. The van der Waals surface area contributed by atoms with Gasteiger partial charge in [0.25, 0.3) is 5.95 Å². The van der Waals surface area contributed by atoms with Gasteiger partial charge in [0.05, 0.1) is 28.2 Å². The van der Waals surface area contributed by atoms with Crippen LogP contribution in [-0.2, 0) is 11.2 Å². The van der Waals surface area contributed by atoms with Crippen LogP contribution in [-0.4, -0.2) is 35.6 Å². The molecule has 5 aromatic rings. The Morgan fingerprint density at radius 3 is 2.49 bits per heavy atom. The van der Waals surface area contributed by atoms with Crippen LogP contribution in [0.4, 0.5) is 5.69 Å². The predicted molar refractivity (Wildman–Crippen MR) is 137 cm³/mol. The normalized spacial score (nSPS) is 11.2. The summed E-state index contributed by atoms with van der Waals surface area (Å²) in [6, 6.07) is 15.0. The van der Waals surface area contributed by atoms with Gasteiger partial charge in [-0.2, -0.15) is 5.10 Å². The molecule has 2 aromatic carbocycles. The zero-order valence-electron chi connectivity index (χ0n) is 19.8. The van der Waals surface area contributed by atoms with Crippen molar-refractivity contribution >= 4 is 34.2 Å². The van der Waals surface area contributed by atoms with E-state index in [0.29, 0.717) is 22.5 Å². The molecular formula is C26H24ClN7O. The van der Waals surface area contributed by atoms with E-state index in [1.807, 2.05) is 76.2 Å². The number of hydrogen-bond acceptors (Lipinski definition) is 5. The molecule has 5 rings (SSSR count). The van der Waals surface area contributed by atoms with Crippen LogP contribution in [0, 0.1) is 27.7 Å². The Hall–Kier alpha value is -4.04. The molecule has 0 aliphatic rings. The second-order valence-electron chi connectivity index (χ2n) is 8.53. The minimum atomic E-state index is -0.137. The lowest BCUT2D eigenvalue weighted by atomic mass is 10.1. The van der Waals surface area contributed by atoms with Crippen LogP contribution >= 0.6 is 11.6 Å². The van der Waals surface area contributed by atoms with Crippen molar-refractivity contribution in [1.29, 1.82) is 0 Å². The fourth-order valence-electron chi connectivity index (χ4n) is 4.16. The number of H-pyrrole nitrogens is 1. The van der Waals surface area contributed by atoms with Gasteiger partial charge in [0.15, 0.2) is 0 Å². The molecule has 0 aliphatic heterocycles. The predicted octanol–water partition coefficient (Wildman–Crippen LogP) is 5.27. The number of anilines is 1. The summed E-state index contributed by atoms with van der Waals surface area (Å²) in [5.41, 5.74) is 7.31. The zero-order valence-corrected chi connectivity index (χ0v) is 20.6. The Bertz CT molecular complexity index is 1560. The standard InChI is InChI=1S/C26H24ClN7O/c1-14-11-15(2)29-26(28-14)34-17(4)20(16(3)33-34)13-24(35)30-18-9-10-22-23(12-18)32-25(31-22)19-7-5-6-8-21(19)27/h5-12H,13H2,1-4H3,(H,30,35)(H,31,32). The van der Waals surface area contributed by atoms with E-state index >= 15 is 0 Å². The minimum Gasteiger partial charge on any atom is -0.338 e. The maximum atomic E-state index is 12.9. The molecule has 176 valence electrons. The summed E-state index contributed by atoms with van der Waals surface area (Å²) in [5.74, 6) is 1.05. The van der Waals surface area contributed by atoms with Gasteiger partial charge in [-0.15, -0.1) is 0 Å². The van der Waals surface area contributed by atoms with E-state index in [1.54, 1.807) is 4.68 Å². The quantitative estimate of drug-likeness (QED) is 0.353. The van der Waals surface area contributed by atoms with Crippen molar-refractivity contribution in [3.63, 3.8) is 0 Å². The molecule has 0 aliphatic carbocycles. The van der Waals surface area contributed by atoms with Gasteiger partial charge in [0.1, 0.15) is 5.82 Å². The number of aromatic nitrogens is 6. The lowest BCUT2D eigenvalue weighted by Crippen LogP contribution is -2.15. The van der Waals surface area contributed by atoms with Crippen LogP contribution in [0.5, 0.6) is 0 Å². The molecule has 0 spiro atoms. The van der Waals surface area contributed by atoms with Crippen molar-refractivity contribution in [3.05, 3.63) is 81.9 Å². The highest BCUT2D eigenvalue weighted by atomic mass is 35.5. The number of rotatable bonds is 5. The molecule has 3 heterocycles. The first-order valence-electron chi connectivity index (χ1n) is 11.2. The summed E-state index contributed by atoms with van der Waals surface area (Å²) < 4.78 is 1.70. The van der Waals surface area contributed by atoms with Gasteiger partial charge >= 0.3 is 0 Å². The number of benzene rings is 2. The monoisotopic (exact) mass is 485 g/mol. The number of fused-ring (bicyclic) bond motifs is 1. The van der Waals surface area contributed by atoms with Crippen LogP contribution < -0.4 is 5.32 Å². The molecule has 35 heavy (non-hydrogen) atoms. The number of imidazole rings is 1. The van der Waals surface area contributed by atoms with Crippen LogP contribution in [0.15, 0.2) is 48.5 Å². The van der Waals surface area contributed by atoms with Crippen molar-refractivity contribution in [2.75, 3.05) is 5.32 Å². The SMILES string of the molecule is Cc1cc(C)nc(-n2nc(C)c(CC(=O)Nc3ccc4nc(-c5ccccc5Cl)[nH]c4c3)c2C)n1. The summed E-state index contributed by atoms with van der Waals surface area (Å²) in [4.78, 5) is 29.8. The summed E-state index contributed by atoms with van der Waals surface area (Å²) in [5, 5.41) is 8.20. The lowest BCUT2D eigenvalue weighted by molar-refractivity contribution is -0.115. The smallest absolute Gasteiger partial charge is 0.251 e. The lowest BCUT2D eigenvalue weighted by Gasteiger charge is -2.07. The molecule has 8 nitrogen and oxygen atoms in total. The van der Waals surface area contributed by atoms with Gasteiger partial charge in [-0.05, 0) is 64.1 Å². The first-order chi connectivity index (χ1) is 16.8. The second kappa shape index (κ2) is 8.96. The Morgan fingerprint density at radius 1 is 1.00 bits per heavy atom. The van der Waals surface area contributed by atoms with E-state index in [0.717, 1.165) is 44.9 Å². The Kier molecular flexibility index (Phi) is 5.82. The third kappa shape index (κ3) is 4.52. The van der Waals surface area contributed by atoms with Gasteiger partial charge < -0.3 is 10.3 Å². The molecule has 9 heteroatoms. The highest BCUT2D eigenvalue weighted by Gasteiger charge is 2.18. The van der Waals surface area contributed by atoms with Crippen molar-refractivity contribution in [2.45, 2.75) is 34.1 Å². The third-order valence-corrected chi connectivity index (χ3v) is 6.16. The Morgan fingerprint density at radius 2 is 1.74 bits per heavy atom. The van der Waals surface area contributed by atoms with Crippen LogP contribution in [0.1, 0.15) is 28.3 Å². The molecule has 0 fully saturated rings. The maximum absolute atomic E-state index is 12.9. The highest BCUT2D eigenvalue weighted by molar-refractivity contribution is 6.33. The van der Waals surface area contributed by atoms with E-state index < -0.39 is 0 Å². The first kappa shape index (κ1) is 22.7. The van der Waals surface area contributed by atoms with E-state index in [4.69, 9.17) is 11.6 Å². The number of amides is 1. The topological polar surface area (TPSA) is 101 Å². The molecule has 2 N–H and O–H groups in total. The molecule has 0 atom stereocenters. The zero-order chi connectivity index (χ0) is 24.7. The van der Waals surface area contributed by atoms with Gasteiger partial charge in [-0.3, -0.25) is 4.79 Å². The van der Waals surface area contributed by atoms with E-state index in [1.165, 1.54) is 0 Å². The fourth-order valence-corrected chi connectivity index (χ4v) is 4.39. The summed E-state index contributed by atoms with van der Waals surface area (Å²) in [7, 11) is 0. The van der Waals surface area contributed by atoms with E-state index in [-0.39, 0.29) is 12.3 Å². The number of aryl methyl sites for hydroxylation is 3. The second-order valence-corrected chi connectivity index (χ2v) is 8.94. The van der Waals surface area contributed by atoms with Crippen molar-refractivity contribution in [3.8, 4) is 17.3 Å². The van der Waals surface area contributed by atoms with Crippen LogP contribution in [0.3, 0.4) is 0 Å². The number of nitrogens with one attached hydrogen (secondary N) is 2. The van der Waals surface area contributed by atoms with Crippen molar-refractivity contribution in [1.82, 2.24) is 29.7 Å². The largest absolute Gasteiger partial charge is 0.338 e. The van der Waals surface area contributed by atoms with E-state index in [2.05, 4.69) is 30.4 Å². The van der Waals surface area contributed by atoms with E-state index in [9.17, 15) is 4.79 Å². The fraction of sp³-hybridized carbons (Fsp3) is 0.192. The number of aromatic amines is 1. The number of carbonyl (C=O) groups is 1. The number of halogens is 1. The molecular weight excluding hydrogens is 462 g/mol. The number of hydrogen-bond donors (Lipinski definition) is 2. The number of carbonyl (C=O) groups excluding carboxylic acids is 1. The molecule has 0 saturated carbocycles. The molecule has 0 radical (unpaired) electrons. The summed E-state index contributed by atoms with van der Waals surface area (Å²) in [6.45, 7) is 7.66. The Balaban J connectivity index is 1.36. The van der Waals surface area contributed by atoms with Gasteiger partial charge in [-0.25, -0.2) is 19.6 Å². The van der Waals surface area contributed by atoms with Crippen LogP contribution in [0.2, 0.25) is 5.02 Å². The summed E-state index contributed by atoms with van der Waals surface area (Å²) in [6.07, 6.45) is 0.189. The molecule has 0 saturated heterocycles. The minimum absolute atomic E-state index is 0.137. The Labute approximate surface area is 207 Å². The third-order valence-electron chi connectivity index (χ3n) is 5.83. The number of nitrogens with zero attached hydrogens (tertiary/aromatic N) is 5. The molecule has 0 unspecified atom stereocenters. The molecule has 1 amide bonds.